The number of aliphatic imine (C=N–C) groups is 1. The van der Waals surface area contributed by atoms with Crippen LogP contribution < -0.4 is 11.1 Å². The van der Waals surface area contributed by atoms with E-state index >= 15 is 0 Å². The molecule has 2 aliphatic rings. The molecule has 1 aromatic carbocycles. The number of amidine groups is 1. The predicted octanol–water partition coefficient (Wildman–Crippen LogP) is 2.98. The highest BCUT2D eigenvalue weighted by Gasteiger charge is 2.58. The molecule has 3 rings (SSSR count). The van der Waals surface area contributed by atoms with Gasteiger partial charge in [0.2, 0.25) is 0 Å². The molecular formula is C15H20FN3O4S. The Morgan fingerprint density at radius 3 is 2.62 bits per heavy atom. The molecular weight excluding hydrogens is 337 g/mol. The molecule has 1 amide bonds. The Bertz CT molecular complexity index is 735. The van der Waals surface area contributed by atoms with Gasteiger partial charge in [-0.2, -0.15) is 10.6 Å². The van der Waals surface area contributed by atoms with E-state index in [1.54, 1.807) is 6.92 Å². The van der Waals surface area contributed by atoms with Gasteiger partial charge < -0.3 is 10.8 Å². The number of halogens is 1. The Labute approximate surface area is 140 Å². The van der Waals surface area contributed by atoms with Gasteiger partial charge in [-0.3, -0.25) is 19.4 Å². The van der Waals surface area contributed by atoms with Crippen molar-refractivity contribution in [3.8, 4) is 0 Å². The van der Waals surface area contributed by atoms with Crippen molar-refractivity contribution < 1.29 is 23.4 Å². The van der Waals surface area contributed by atoms with Crippen molar-refractivity contribution in [3.63, 3.8) is 0 Å². The number of hydrogen-bond acceptors (Lipinski definition) is 5. The van der Waals surface area contributed by atoms with E-state index < -0.39 is 32.8 Å². The molecule has 1 heterocycles. The van der Waals surface area contributed by atoms with Gasteiger partial charge in [0.15, 0.2) is 0 Å². The molecule has 24 heavy (non-hydrogen) atoms. The molecule has 0 saturated heterocycles. The lowest BCUT2D eigenvalue weighted by Crippen LogP contribution is -2.61. The monoisotopic (exact) mass is 357 g/mol. The van der Waals surface area contributed by atoms with E-state index in [9.17, 15) is 18.3 Å². The van der Waals surface area contributed by atoms with E-state index in [1.165, 1.54) is 18.2 Å². The van der Waals surface area contributed by atoms with Crippen LogP contribution in [0, 0.1) is 5.82 Å². The zero-order valence-corrected chi connectivity index (χ0v) is 13.9. The quantitative estimate of drug-likeness (QED) is 0.494. The third-order valence-corrected chi connectivity index (χ3v) is 7.67. The predicted molar refractivity (Wildman–Crippen MR) is 91.1 cm³/mol. The van der Waals surface area contributed by atoms with Crippen molar-refractivity contribution in [3.05, 3.63) is 29.6 Å². The summed E-state index contributed by atoms with van der Waals surface area (Å²) >= 11 is 0. The first kappa shape index (κ1) is 17.0. The summed E-state index contributed by atoms with van der Waals surface area (Å²) in [5, 5.41) is 11.3. The second-order valence-electron chi connectivity index (χ2n) is 6.56. The number of carbonyl (C=O) groups is 1. The zero-order chi connectivity index (χ0) is 17.8. The number of hydrogen-bond donors (Lipinski definition) is 5. The highest BCUT2D eigenvalue weighted by molar-refractivity contribution is 8.26. The van der Waals surface area contributed by atoms with Crippen molar-refractivity contribution in [2.45, 2.75) is 36.5 Å². The van der Waals surface area contributed by atoms with Crippen LogP contribution in [0.3, 0.4) is 0 Å². The van der Waals surface area contributed by atoms with E-state index in [1.807, 2.05) is 0 Å². The molecule has 6 N–H and O–H groups in total. The summed E-state index contributed by atoms with van der Waals surface area (Å²) in [7, 11) is -3.23. The Morgan fingerprint density at radius 2 is 2.08 bits per heavy atom. The Kier molecular flexibility index (Phi) is 3.78. The van der Waals surface area contributed by atoms with Crippen molar-refractivity contribution in [2.75, 3.05) is 11.5 Å². The second kappa shape index (κ2) is 5.33. The van der Waals surface area contributed by atoms with E-state index in [0.717, 1.165) is 6.42 Å². The van der Waals surface area contributed by atoms with Gasteiger partial charge in [0.25, 0.3) is 0 Å². The minimum atomic E-state index is -3.23. The summed E-state index contributed by atoms with van der Waals surface area (Å²) in [6.45, 7) is 1.55. The number of anilines is 1. The largest absolute Gasteiger partial charge is 0.465 e. The SMILES string of the molecule is CC1(c2cc(N)ccc2F)CS(O)(O)C2(CCC2)C(NC(=O)O)=N1. The molecule has 1 spiro atoms. The van der Waals surface area contributed by atoms with Gasteiger partial charge in [-0.05, 0) is 44.4 Å². The maximum atomic E-state index is 14.3. The van der Waals surface area contributed by atoms with Crippen LogP contribution in [-0.2, 0) is 5.54 Å². The first-order chi connectivity index (χ1) is 11.1. The van der Waals surface area contributed by atoms with Gasteiger partial charge >= 0.3 is 6.09 Å². The smallest absolute Gasteiger partial charge is 0.410 e. The number of rotatable bonds is 1. The molecule has 1 aromatic rings. The Hall–Kier alpha value is -1.84. The van der Waals surface area contributed by atoms with Gasteiger partial charge in [0.1, 0.15) is 21.9 Å². The van der Waals surface area contributed by atoms with Crippen LogP contribution >= 0.6 is 10.6 Å². The van der Waals surface area contributed by atoms with Crippen LogP contribution in [0.15, 0.2) is 23.2 Å². The van der Waals surface area contributed by atoms with Gasteiger partial charge in [0, 0.05) is 11.3 Å². The highest BCUT2D eigenvalue weighted by Crippen LogP contribution is 2.66. The fourth-order valence-corrected chi connectivity index (χ4v) is 6.09. The summed E-state index contributed by atoms with van der Waals surface area (Å²) in [4.78, 5) is 15.6. The lowest BCUT2D eigenvalue weighted by molar-refractivity contribution is 0.199. The summed E-state index contributed by atoms with van der Waals surface area (Å²) in [5.74, 6) is -0.757. The third-order valence-electron chi connectivity index (χ3n) is 4.86. The number of nitrogens with zero attached hydrogens (tertiary/aromatic N) is 1. The molecule has 1 aliphatic carbocycles. The zero-order valence-electron chi connectivity index (χ0n) is 13.1. The van der Waals surface area contributed by atoms with Gasteiger partial charge in [-0.25, -0.2) is 9.18 Å². The van der Waals surface area contributed by atoms with Crippen LogP contribution in [0.25, 0.3) is 0 Å². The molecule has 0 radical (unpaired) electrons. The highest BCUT2D eigenvalue weighted by atomic mass is 32.3. The van der Waals surface area contributed by atoms with E-state index in [0.29, 0.717) is 18.5 Å². The maximum absolute atomic E-state index is 14.3. The average Bonchev–Trinajstić information content (AvgIpc) is 2.37. The minimum absolute atomic E-state index is 0.00294. The van der Waals surface area contributed by atoms with Crippen LogP contribution in [0.1, 0.15) is 31.7 Å². The van der Waals surface area contributed by atoms with Gasteiger partial charge in [0.05, 0.1) is 5.75 Å². The van der Waals surface area contributed by atoms with Crippen LogP contribution in [-0.4, -0.2) is 36.6 Å². The Morgan fingerprint density at radius 1 is 1.42 bits per heavy atom. The number of amides is 1. The molecule has 1 saturated carbocycles. The fourth-order valence-electron chi connectivity index (χ4n) is 3.46. The molecule has 1 aliphatic heterocycles. The second-order valence-corrected chi connectivity index (χ2v) is 8.97. The summed E-state index contributed by atoms with van der Waals surface area (Å²) < 4.78 is 34.7. The molecule has 9 heteroatoms. The van der Waals surface area contributed by atoms with E-state index in [2.05, 4.69) is 10.3 Å². The number of nitrogen functional groups attached to an aromatic ring is 1. The standard InChI is InChI=1S/C15H20FN3O4S/c1-14(10-7-9(17)3-4-11(10)16)8-24(22,23)15(5-2-6-15)12(19-14)18-13(20)21/h3-4,7,22-23H,2,5-6,8,17H2,1H3,(H,18,19)(H,20,21). The van der Waals surface area contributed by atoms with Gasteiger partial charge in [-0.15, -0.1) is 0 Å². The maximum Gasteiger partial charge on any atom is 0.410 e. The molecule has 1 fully saturated rings. The van der Waals surface area contributed by atoms with Crippen molar-refractivity contribution in [1.82, 2.24) is 5.32 Å². The molecule has 1 atom stereocenters. The van der Waals surface area contributed by atoms with Crippen molar-refractivity contribution in [2.24, 2.45) is 4.99 Å². The lowest BCUT2D eigenvalue weighted by atomic mass is 9.82. The normalized spacial score (nSPS) is 28.6. The van der Waals surface area contributed by atoms with Gasteiger partial charge in [-0.1, -0.05) is 0 Å². The number of nitrogens with two attached hydrogens (primary N) is 1. The number of nitrogens with one attached hydrogen (secondary N) is 1. The van der Waals surface area contributed by atoms with Crippen LogP contribution in [0.5, 0.6) is 0 Å². The Balaban J connectivity index is 2.16. The summed E-state index contributed by atoms with van der Waals surface area (Å²) in [6.07, 6.45) is 0.278. The molecule has 0 bridgehead atoms. The summed E-state index contributed by atoms with van der Waals surface area (Å²) in [5.41, 5.74) is 4.83. The van der Waals surface area contributed by atoms with E-state index in [-0.39, 0.29) is 17.2 Å². The third kappa shape index (κ3) is 2.43. The van der Waals surface area contributed by atoms with Crippen molar-refractivity contribution in [1.29, 1.82) is 0 Å². The van der Waals surface area contributed by atoms with E-state index in [4.69, 9.17) is 10.8 Å². The first-order valence-electron chi connectivity index (χ1n) is 7.51. The lowest BCUT2D eigenvalue weighted by Gasteiger charge is -2.60. The fraction of sp³-hybridized carbons (Fsp3) is 0.467. The van der Waals surface area contributed by atoms with Crippen molar-refractivity contribution >= 4 is 28.2 Å². The molecule has 132 valence electrons. The van der Waals surface area contributed by atoms with Crippen LogP contribution in [0.4, 0.5) is 14.9 Å². The molecule has 0 aromatic heterocycles. The minimum Gasteiger partial charge on any atom is -0.465 e. The average molecular weight is 357 g/mol. The first-order valence-corrected chi connectivity index (χ1v) is 9.23. The molecule has 1 unspecified atom stereocenters. The number of carboxylic acid groups (broad SMARTS) is 1. The van der Waals surface area contributed by atoms with Crippen LogP contribution in [0.2, 0.25) is 0 Å². The number of benzene rings is 1. The summed E-state index contributed by atoms with van der Waals surface area (Å²) in [6, 6.07) is 3.98. The topological polar surface area (TPSA) is 128 Å². The molecule has 7 nitrogen and oxygen atoms in total.